The SMILES string of the molecule is CC(C)O.O.[AlH3].[BaH2]. The van der Waals surface area contributed by atoms with Gasteiger partial charge in [0.25, 0.3) is 0 Å². The van der Waals surface area contributed by atoms with Crippen LogP contribution in [0.1, 0.15) is 13.8 Å². The van der Waals surface area contributed by atoms with Gasteiger partial charge in [-0.05, 0) is 13.8 Å². The fraction of sp³-hybridized carbons (Fsp3) is 1.00. The number of hydrogen-bond acceptors (Lipinski definition) is 1. The molecule has 3 N–H and O–H groups in total. The Hall–Kier alpha value is 2.02. The van der Waals surface area contributed by atoms with Crippen LogP contribution in [-0.4, -0.2) is 82.9 Å². The number of aliphatic hydroxyl groups is 1. The van der Waals surface area contributed by atoms with E-state index in [4.69, 9.17) is 5.11 Å². The molecule has 44 valence electrons. The molecule has 0 aromatic rings. The second-order valence-electron chi connectivity index (χ2n) is 1.09. The van der Waals surface area contributed by atoms with Crippen molar-refractivity contribution in [1.29, 1.82) is 0 Å². The molecular formula is C3H15AlBaO2. The van der Waals surface area contributed by atoms with Crippen LogP contribution in [0.4, 0.5) is 0 Å². The molecule has 0 aromatic carbocycles. The molecule has 0 aliphatic heterocycles. The van der Waals surface area contributed by atoms with E-state index in [0.717, 1.165) is 0 Å². The third-order valence-electron chi connectivity index (χ3n) is 0. The molecule has 0 radical (unpaired) electrons. The van der Waals surface area contributed by atoms with Gasteiger partial charge in [0.2, 0.25) is 0 Å². The van der Waals surface area contributed by atoms with Crippen molar-refractivity contribution in [3.05, 3.63) is 0 Å². The predicted octanol–water partition coefficient (Wildman–Crippen LogP) is -2.54. The van der Waals surface area contributed by atoms with E-state index in [1.165, 1.54) is 0 Å². The number of rotatable bonds is 0. The Bertz CT molecular complexity index is 17.7. The molecule has 0 spiro atoms. The fourth-order valence-corrected chi connectivity index (χ4v) is 0. The molecule has 0 aromatic heterocycles. The zero-order chi connectivity index (χ0) is 3.58. The third-order valence-corrected chi connectivity index (χ3v) is 0. The Kier molecular flexibility index (Phi) is 51.6. The van der Waals surface area contributed by atoms with E-state index in [9.17, 15) is 0 Å². The van der Waals surface area contributed by atoms with Crippen molar-refractivity contribution in [3.63, 3.8) is 0 Å². The van der Waals surface area contributed by atoms with Crippen molar-refractivity contribution >= 4 is 66.2 Å². The third kappa shape index (κ3) is 71.1. The van der Waals surface area contributed by atoms with Crippen molar-refractivity contribution in [2.45, 2.75) is 20.0 Å². The van der Waals surface area contributed by atoms with Crippen molar-refractivity contribution in [3.8, 4) is 0 Å². The predicted molar refractivity (Wildman–Crippen MR) is 39.5 cm³/mol. The van der Waals surface area contributed by atoms with Gasteiger partial charge in [0.1, 0.15) is 0 Å². The standard InChI is InChI=1S/C3H8O.Al.Ba.H2O.5H/c1-3(2)4;;;;;;;;/h3-4H,1-2H3;;;1H2;;;;;. The van der Waals surface area contributed by atoms with Gasteiger partial charge in [-0.1, -0.05) is 0 Å². The molecule has 0 unspecified atom stereocenters. The molecular weight excluding hydrogens is 232 g/mol. The maximum atomic E-state index is 8.06. The summed E-state index contributed by atoms with van der Waals surface area (Å²) in [6, 6.07) is 0. The minimum atomic E-state index is -0.167. The van der Waals surface area contributed by atoms with Gasteiger partial charge < -0.3 is 10.6 Å². The van der Waals surface area contributed by atoms with E-state index in [1.807, 2.05) is 0 Å². The normalized spacial score (nSPS) is 5.14. The van der Waals surface area contributed by atoms with E-state index in [0.29, 0.717) is 0 Å². The second kappa shape index (κ2) is 15.7. The Labute approximate surface area is 95.2 Å². The summed E-state index contributed by atoms with van der Waals surface area (Å²) < 4.78 is 0. The molecule has 0 heterocycles. The first kappa shape index (κ1) is 23.0. The second-order valence-corrected chi connectivity index (χ2v) is 1.09. The molecule has 0 rings (SSSR count). The van der Waals surface area contributed by atoms with Gasteiger partial charge in [0.05, 0.1) is 0 Å². The Morgan fingerprint density at radius 1 is 1.29 bits per heavy atom. The molecule has 0 aliphatic rings. The summed E-state index contributed by atoms with van der Waals surface area (Å²) in [6.07, 6.45) is -0.167. The van der Waals surface area contributed by atoms with Crippen LogP contribution in [0.15, 0.2) is 0 Å². The average molecular weight is 247 g/mol. The summed E-state index contributed by atoms with van der Waals surface area (Å²) in [4.78, 5) is 0. The summed E-state index contributed by atoms with van der Waals surface area (Å²) in [5.41, 5.74) is 0. The van der Waals surface area contributed by atoms with Crippen molar-refractivity contribution in [1.82, 2.24) is 0 Å². The van der Waals surface area contributed by atoms with E-state index in [2.05, 4.69) is 0 Å². The molecule has 2 nitrogen and oxygen atoms in total. The summed E-state index contributed by atoms with van der Waals surface area (Å²) >= 11 is 0. The van der Waals surface area contributed by atoms with E-state index in [1.54, 1.807) is 13.8 Å². The van der Waals surface area contributed by atoms with Crippen LogP contribution in [0, 0.1) is 0 Å². The summed E-state index contributed by atoms with van der Waals surface area (Å²) in [6.45, 7) is 3.44. The first-order chi connectivity index (χ1) is 1.73. The van der Waals surface area contributed by atoms with Crippen molar-refractivity contribution < 1.29 is 10.6 Å². The zero-order valence-electron chi connectivity index (χ0n) is 3.52. The molecule has 0 fully saturated rings. The molecule has 0 amide bonds. The first-order valence-corrected chi connectivity index (χ1v) is 1.41. The maximum absolute atomic E-state index is 8.06. The van der Waals surface area contributed by atoms with Crippen LogP contribution in [0.5, 0.6) is 0 Å². The molecule has 0 atom stereocenters. The van der Waals surface area contributed by atoms with Crippen LogP contribution < -0.4 is 0 Å². The van der Waals surface area contributed by atoms with Crippen LogP contribution >= 0.6 is 0 Å². The quantitative estimate of drug-likeness (QED) is 0.471. The topological polar surface area (TPSA) is 51.7 Å². The number of aliphatic hydroxyl groups excluding tert-OH is 1. The monoisotopic (exact) mass is 248 g/mol. The minimum absolute atomic E-state index is 0. The average Bonchev–Trinajstić information content (AvgIpc) is 0.811. The van der Waals surface area contributed by atoms with Crippen LogP contribution in [0.2, 0.25) is 0 Å². The van der Waals surface area contributed by atoms with Gasteiger partial charge in [-0.25, -0.2) is 0 Å². The Morgan fingerprint density at radius 3 is 1.29 bits per heavy atom. The Balaban J connectivity index is -0.0000000150. The molecule has 0 aliphatic carbocycles. The van der Waals surface area contributed by atoms with Gasteiger partial charge >= 0.3 is 48.9 Å². The van der Waals surface area contributed by atoms with Crippen LogP contribution in [0.25, 0.3) is 0 Å². The van der Waals surface area contributed by atoms with Gasteiger partial charge in [0, 0.05) is 6.10 Å². The van der Waals surface area contributed by atoms with Crippen molar-refractivity contribution in [2.24, 2.45) is 0 Å². The molecule has 7 heavy (non-hydrogen) atoms. The van der Waals surface area contributed by atoms with E-state index < -0.39 is 0 Å². The molecule has 0 saturated heterocycles. The van der Waals surface area contributed by atoms with Gasteiger partial charge in [0.15, 0.2) is 17.4 Å². The summed E-state index contributed by atoms with van der Waals surface area (Å²) in [5.74, 6) is 0. The summed E-state index contributed by atoms with van der Waals surface area (Å²) in [7, 11) is 0. The number of hydrogen-bond donors (Lipinski definition) is 1. The fourth-order valence-electron chi connectivity index (χ4n) is 0. The molecule has 0 saturated carbocycles. The van der Waals surface area contributed by atoms with Gasteiger partial charge in [-0.2, -0.15) is 0 Å². The first-order valence-electron chi connectivity index (χ1n) is 1.41. The molecule has 0 bridgehead atoms. The Morgan fingerprint density at radius 2 is 1.29 bits per heavy atom. The van der Waals surface area contributed by atoms with Crippen molar-refractivity contribution in [2.75, 3.05) is 0 Å². The van der Waals surface area contributed by atoms with E-state index in [-0.39, 0.29) is 77.8 Å². The van der Waals surface area contributed by atoms with Crippen LogP contribution in [0.3, 0.4) is 0 Å². The van der Waals surface area contributed by atoms with Gasteiger partial charge in [-0.3, -0.25) is 0 Å². The van der Waals surface area contributed by atoms with Gasteiger partial charge in [-0.15, -0.1) is 0 Å². The summed E-state index contributed by atoms with van der Waals surface area (Å²) in [5, 5.41) is 8.06. The van der Waals surface area contributed by atoms with Crippen LogP contribution in [-0.2, 0) is 0 Å². The zero-order valence-corrected chi connectivity index (χ0v) is 3.52. The molecule has 4 heteroatoms. The van der Waals surface area contributed by atoms with E-state index >= 15 is 0 Å².